The molecule has 1 rings (SSSR count). The maximum Gasteiger partial charge on any atom is 0.299 e. The standard InChI is InChI=1S/C11H19N3O2S/c1-8(2)13-17(15,16)14-11-6-4-5-10(7-11)9(3)12/h4-9,13-14H,12H2,1-3H3. The lowest BCUT2D eigenvalue weighted by molar-refractivity contribution is 0.575. The van der Waals surface area contributed by atoms with Crippen LogP contribution in [0.4, 0.5) is 5.69 Å². The van der Waals surface area contributed by atoms with Crippen molar-refractivity contribution in [3.63, 3.8) is 0 Å². The highest BCUT2D eigenvalue weighted by atomic mass is 32.2. The third kappa shape index (κ3) is 4.72. The number of rotatable bonds is 5. The summed E-state index contributed by atoms with van der Waals surface area (Å²) < 4.78 is 28.2. The average molecular weight is 257 g/mol. The number of benzene rings is 1. The quantitative estimate of drug-likeness (QED) is 0.744. The lowest BCUT2D eigenvalue weighted by atomic mass is 10.1. The fraction of sp³-hybridized carbons (Fsp3) is 0.455. The van der Waals surface area contributed by atoms with Crippen molar-refractivity contribution in [1.29, 1.82) is 0 Å². The molecular formula is C11H19N3O2S. The number of anilines is 1. The Bertz CT molecular complexity index is 469. The second kappa shape index (κ2) is 5.48. The van der Waals surface area contributed by atoms with Crippen LogP contribution < -0.4 is 15.2 Å². The van der Waals surface area contributed by atoms with E-state index in [9.17, 15) is 8.42 Å². The van der Waals surface area contributed by atoms with Crippen molar-refractivity contribution < 1.29 is 8.42 Å². The molecule has 0 heterocycles. The van der Waals surface area contributed by atoms with Crippen molar-refractivity contribution in [3.8, 4) is 0 Å². The van der Waals surface area contributed by atoms with Gasteiger partial charge in [-0.05, 0) is 38.5 Å². The first kappa shape index (κ1) is 14.0. The lowest BCUT2D eigenvalue weighted by Crippen LogP contribution is -2.35. The van der Waals surface area contributed by atoms with Crippen LogP contribution in [0.25, 0.3) is 0 Å². The van der Waals surface area contributed by atoms with Gasteiger partial charge in [0.05, 0.1) is 5.69 Å². The van der Waals surface area contributed by atoms with E-state index in [1.807, 2.05) is 13.0 Å². The Kier molecular flexibility index (Phi) is 4.50. The molecule has 0 aromatic heterocycles. The minimum Gasteiger partial charge on any atom is -0.324 e. The van der Waals surface area contributed by atoms with Crippen LogP contribution in [0, 0.1) is 0 Å². The van der Waals surface area contributed by atoms with Crippen molar-refractivity contribution in [2.45, 2.75) is 32.9 Å². The predicted octanol–water partition coefficient (Wildman–Crippen LogP) is 1.36. The van der Waals surface area contributed by atoms with Gasteiger partial charge in [0.15, 0.2) is 0 Å². The number of nitrogens with two attached hydrogens (primary N) is 1. The van der Waals surface area contributed by atoms with Gasteiger partial charge in [0.25, 0.3) is 10.2 Å². The van der Waals surface area contributed by atoms with E-state index in [2.05, 4.69) is 9.44 Å². The summed E-state index contributed by atoms with van der Waals surface area (Å²) in [5, 5.41) is 0. The molecule has 0 saturated heterocycles. The van der Waals surface area contributed by atoms with Crippen molar-refractivity contribution in [2.75, 3.05) is 4.72 Å². The van der Waals surface area contributed by atoms with Crippen molar-refractivity contribution in [2.24, 2.45) is 5.73 Å². The van der Waals surface area contributed by atoms with Gasteiger partial charge >= 0.3 is 0 Å². The third-order valence-electron chi connectivity index (χ3n) is 2.06. The van der Waals surface area contributed by atoms with Crippen LogP contribution in [0.3, 0.4) is 0 Å². The number of hydrogen-bond acceptors (Lipinski definition) is 3. The van der Waals surface area contributed by atoms with E-state index < -0.39 is 10.2 Å². The molecule has 0 amide bonds. The van der Waals surface area contributed by atoms with Gasteiger partial charge in [0.1, 0.15) is 0 Å². The van der Waals surface area contributed by atoms with Crippen LogP contribution in [0.1, 0.15) is 32.4 Å². The van der Waals surface area contributed by atoms with Crippen LogP contribution in [0.15, 0.2) is 24.3 Å². The molecular weight excluding hydrogens is 238 g/mol. The van der Waals surface area contributed by atoms with Crippen LogP contribution in [-0.4, -0.2) is 14.5 Å². The van der Waals surface area contributed by atoms with Crippen LogP contribution in [-0.2, 0) is 10.2 Å². The van der Waals surface area contributed by atoms with Crippen LogP contribution >= 0.6 is 0 Å². The zero-order valence-electron chi connectivity index (χ0n) is 10.3. The minimum absolute atomic E-state index is 0.127. The maximum absolute atomic E-state index is 11.6. The minimum atomic E-state index is -3.52. The molecule has 6 heteroatoms. The molecule has 0 bridgehead atoms. The molecule has 96 valence electrons. The van der Waals surface area contributed by atoms with E-state index in [-0.39, 0.29) is 12.1 Å². The zero-order chi connectivity index (χ0) is 13.1. The van der Waals surface area contributed by atoms with E-state index in [4.69, 9.17) is 5.73 Å². The Labute approximate surface area is 103 Å². The summed E-state index contributed by atoms with van der Waals surface area (Å²) in [6.07, 6.45) is 0. The monoisotopic (exact) mass is 257 g/mol. The van der Waals surface area contributed by atoms with Crippen LogP contribution in [0.5, 0.6) is 0 Å². The largest absolute Gasteiger partial charge is 0.324 e. The highest BCUT2D eigenvalue weighted by Crippen LogP contribution is 2.16. The van der Waals surface area contributed by atoms with E-state index >= 15 is 0 Å². The molecule has 0 saturated carbocycles. The molecule has 4 N–H and O–H groups in total. The molecule has 17 heavy (non-hydrogen) atoms. The SMILES string of the molecule is CC(C)NS(=O)(=O)Nc1cccc(C(C)N)c1. The Hall–Kier alpha value is -1.11. The maximum atomic E-state index is 11.6. The van der Waals surface area contributed by atoms with Crippen molar-refractivity contribution in [3.05, 3.63) is 29.8 Å². The van der Waals surface area contributed by atoms with Gasteiger partial charge in [0, 0.05) is 12.1 Å². The molecule has 5 nitrogen and oxygen atoms in total. The summed E-state index contributed by atoms with van der Waals surface area (Å²) in [6, 6.07) is 6.77. The van der Waals surface area contributed by atoms with Crippen molar-refractivity contribution >= 4 is 15.9 Å². The number of nitrogens with one attached hydrogen (secondary N) is 2. The summed E-state index contributed by atoms with van der Waals surface area (Å²) in [7, 11) is -3.52. The molecule has 1 aromatic carbocycles. The molecule has 0 radical (unpaired) electrons. The van der Waals surface area contributed by atoms with Gasteiger partial charge in [-0.3, -0.25) is 4.72 Å². The second-order valence-corrected chi connectivity index (χ2v) is 5.74. The van der Waals surface area contributed by atoms with E-state index in [1.54, 1.807) is 32.0 Å². The lowest BCUT2D eigenvalue weighted by Gasteiger charge is -2.13. The summed E-state index contributed by atoms with van der Waals surface area (Å²) >= 11 is 0. The zero-order valence-corrected chi connectivity index (χ0v) is 11.1. The Morgan fingerprint density at radius 3 is 2.41 bits per heavy atom. The third-order valence-corrected chi connectivity index (χ3v) is 3.34. The molecule has 0 aliphatic heterocycles. The topological polar surface area (TPSA) is 84.2 Å². The molecule has 0 aliphatic carbocycles. The van der Waals surface area contributed by atoms with Gasteiger partial charge in [0.2, 0.25) is 0 Å². The highest BCUT2D eigenvalue weighted by Gasteiger charge is 2.11. The Morgan fingerprint density at radius 2 is 1.88 bits per heavy atom. The van der Waals surface area contributed by atoms with Gasteiger partial charge in [-0.15, -0.1) is 0 Å². The summed E-state index contributed by atoms with van der Waals surface area (Å²) in [5.41, 5.74) is 7.13. The molecule has 0 fully saturated rings. The smallest absolute Gasteiger partial charge is 0.299 e. The first-order chi connectivity index (χ1) is 7.80. The molecule has 0 spiro atoms. The summed E-state index contributed by atoms with van der Waals surface area (Å²) in [4.78, 5) is 0. The number of hydrogen-bond donors (Lipinski definition) is 3. The van der Waals surface area contributed by atoms with E-state index in [0.29, 0.717) is 5.69 Å². The fourth-order valence-corrected chi connectivity index (χ4v) is 2.50. The predicted molar refractivity (Wildman–Crippen MR) is 69.9 cm³/mol. The summed E-state index contributed by atoms with van der Waals surface area (Å²) in [6.45, 7) is 5.37. The highest BCUT2D eigenvalue weighted by molar-refractivity contribution is 7.90. The average Bonchev–Trinajstić information content (AvgIpc) is 2.14. The summed E-state index contributed by atoms with van der Waals surface area (Å²) in [5.74, 6) is 0. The van der Waals surface area contributed by atoms with Gasteiger partial charge in [-0.2, -0.15) is 13.1 Å². The Balaban J connectivity index is 2.85. The molecule has 1 unspecified atom stereocenters. The molecule has 1 aromatic rings. The molecule has 1 atom stereocenters. The van der Waals surface area contributed by atoms with Crippen molar-refractivity contribution in [1.82, 2.24) is 4.72 Å². The normalized spacial score (nSPS) is 13.7. The fourth-order valence-electron chi connectivity index (χ4n) is 1.38. The van der Waals surface area contributed by atoms with Gasteiger partial charge in [-0.1, -0.05) is 12.1 Å². The second-order valence-electron chi connectivity index (χ2n) is 4.29. The van der Waals surface area contributed by atoms with Crippen LogP contribution in [0.2, 0.25) is 0 Å². The first-order valence-corrected chi connectivity index (χ1v) is 6.94. The van der Waals surface area contributed by atoms with Gasteiger partial charge in [-0.25, -0.2) is 0 Å². The van der Waals surface area contributed by atoms with Gasteiger partial charge < -0.3 is 5.73 Å². The molecule has 0 aliphatic rings. The first-order valence-electron chi connectivity index (χ1n) is 5.46. The van der Waals surface area contributed by atoms with E-state index in [0.717, 1.165) is 5.56 Å². The Morgan fingerprint density at radius 1 is 1.24 bits per heavy atom. The van der Waals surface area contributed by atoms with E-state index in [1.165, 1.54) is 0 Å².